The molecule has 0 saturated heterocycles. The second kappa shape index (κ2) is 25.7. The molecule has 10 heteroatoms. The van der Waals surface area contributed by atoms with Crippen molar-refractivity contribution in [3.8, 4) is 68.0 Å². The molecule has 0 aliphatic rings. The summed E-state index contributed by atoms with van der Waals surface area (Å²) in [6.45, 7) is 0. The van der Waals surface area contributed by atoms with Gasteiger partial charge in [-0.1, -0.05) is 255 Å². The molecule has 118 heavy (non-hydrogen) atoms. The van der Waals surface area contributed by atoms with Crippen LogP contribution in [0.5, 0.6) is 0 Å². The molecule has 0 radical (unpaired) electrons. The fourth-order valence-corrected chi connectivity index (χ4v) is 19.0. The van der Waals surface area contributed by atoms with E-state index in [4.69, 9.17) is 28.8 Å². The Labute approximate surface area is 673 Å². The van der Waals surface area contributed by atoms with Crippen LogP contribution in [0.15, 0.2) is 397 Å². The van der Waals surface area contributed by atoms with Crippen LogP contribution in [0, 0.1) is 0 Å². The molecule has 0 N–H and O–H groups in total. The topological polar surface area (TPSA) is 97.6 Å². The Balaban J connectivity index is 0.000000131. The van der Waals surface area contributed by atoms with Gasteiger partial charge < -0.3 is 27.1 Å². The molecule has 0 unspecified atom stereocenters. The van der Waals surface area contributed by atoms with Gasteiger partial charge in [0.25, 0.3) is 0 Å². The molecule has 8 heterocycles. The molecule has 0 fully saturated rings. The number of nitrogens with zero attached hydrogens (tertiary/aromatic N) is 8. The predicted octanol–water partition coefficient (Wildman–Crippen LogP) is 28.4. The zero-order chi connectivity index (χ0) is 77.2. The highest BCUT2D eigenvalue weighted by Crippen LogP contribution is 2.49. The van der Waals surface area contributed by atoms with Crippen molar-refractivity contribution in [1.29, 1.82) is 0 Å². The Kier molecular flexibility index (Phi) is 14.3. The lowest BCUT2D eigenvalue weighted by atomic mass is 10.1. The summed E-state index contributed by atoms with van der Waals surface area (Å²) in [4.78, 5) is 20.8. The maximum Gasteiger partial charge on any atom is 0.160 e. The van der Waals surface area contributed by atoms with Crippen LogP contribution < -0.4 is 0 Å². The first-order valence-corrected chi connectivity index (χ1v) is 40.0. The van der Waals surface area contributed by atoms with Gasteiger partial charge in [-0.05, 0) is 155 Å². The van der Waals surface area contributed by atoms with Gasteiger partial charge in [0.15, 0.2) is 11.6 Å². The van der Waals surface area contributed by atoms with E-state index in [1.807, 2.05) is 36.4 Å². The largest absolute Gasteiger partial charge is 0.455 e. The zero-order valence-corrected chi connectivity index (χ0v) is 63.3. The molecule has 548 valence electrons. The van der Waals surface area contributed by atoms with E-state index in [2.05, 4.69) is 370 Å². The maximum absolute atomic E-state index is 6.79. The van der Waals surface area contributed by atoms with Crippen LogP contribution in [-0.4, -0.2) is 38.2 Å². The van der Waals surface area contributed by atoms with Gasteiger partial charge in [-0.2, -0.15) is 0 Å². The average Bonchev–Trinajstić information content (AvgIpc) is 1.54. The minimum Gasteiger partial charge on any atom is -0.455 e. The molecule has 18 aromatic carbocycles. The number of aromatic nitrogens is 8. The Bertz CT molecular complexity index is 8720. The van der Waals surface area contributed by atoms with E-state index in [-0.39, 0.29) is 0 Å². The molecule has 10 nitrogen and oxygen atoms in total. The van der Waals surface area contributed by atoms with Crippen molar-refractivity contribution in [2.45, 2.75) is 0 Å². The standard InChI is InChI=1S/2C54H32N4O/c1-2-14-34(15-3-1)51-41-20-6-9-22-44(41)55-54(56-51)36-17-12-18-37(32-36)58-47-29-27-40-39-19-8-11-24-48(39)59-53(40)50(47)43-28-30-46-49(52(43)58)42-21-7-10-23-45(42)57(46)38-26-25-33-13-4-5-16-35(33)31-38;1-2-14-34(15-3-1)51-41-20-6-9-22-44(41)55-54(56-51)36-17-12-18-37(32-36)57-45-23-10-7-21-42(45)49-46(57)30-28-43-50-47(29-27-40-39-19-8-11-24-48(39)59-53(40)50)58(52(43)49)38-26-25-33-13-4-5-16-35(33)31-38/h2*1-32H. The first-order valence-electron chi connectivity index (χ1n) is 40.0. The molecular formula is C108H64N8O2. The number of benzene rings is 18. The number of hydrogen-bond donors (Lipinski definition) is 0. The second-order valence-corrected chi connectivity index (χ2v) is 30.7. The van der Waals surface area contributed by atoms with Gasteiger partial charge in [-0.3, -0.25) is 0 Å². The molecule has 26 aromatic rings. The number of para-hydroxylation sites is 6. The number of fused-ring (bicyclic) bond motifs is 26. The van der Waals surface area contributed by atoms with Gasteiger partial charge in [0.1, 0.15) is 22.3 Å². The van der Waals surface area contributed by atoms with E-state index in [1.165, 1.54) is 43.1 Å². The fraction of sp³-hybridized carbons (Fsp3) is 0. The minimum absolute atomic E-state index is 0.683. The SMILES string of the molecule is c1ccc(-c2nc(-c3cccc(-n4c5ccc6c7ccccc7oc6c5c5ccc6c(c7ccccc7n6-c6ccc7ccccc7c6)c54)c3)nc3ccccc23)cc1.c1ccc(-c2nc(-c3cccc(-n4c5ccccc5c5c4ccc4c6c7oc8ccccc8c7ccc6n(-c6ccc7ccccc7c6)c45)c3)nc3ccccc23)cc1. The predicted molar refractivity (Wildman–Crippen MR) is 488 cm³/mol. The van der Waals surface area contributed by atoms with Gasteiger partial charge >= 0.3 is 0 Å². The lowest BCUT2D eigenvalue weighted by molar-refractivity contribution is 0.672. The van der Waals surface area contributed by atoms with E-state index in [0.717, 1.165) is 188 Å². The van der Waals surface area contributed by atoms with Crippen molar-refractivity contribution in [3.05, 3.63) is 388 Å². The van der Waals surface area contributed by atoms with Crippen LogP contribution in [-0.2, 0) is 0 Å². The Morgan fingerprint density at radius 3 is 1.01 bits per heavy atom. The highest BCUT2D eigenvalue weighted by molar-refractivity contribution is 6.33. The zero-order valence-electron chi connectivity index (χ0n) is 63.3. The highest BCUT2D eigenvalue weighted by atomic mass is 16.3. The molecule has 0 atom stereocenters. The summed E-state index contributed by atoms with van der Waals surface area (Å²) >= 11 is 0. The van der Waals surface area contributed by atoms with E-state index in [9.17, 15) is 0 Å². The summed E-state index contributed by atoms with van der Waals surface area (Å²) in [5.41, 5.74) is 24.6. The van der Waals surface area contributed by atoms with Crippen molar-refractivity contribution in [3.63, 3.8) is 0 Å². The third-order valence-corrected chi connectivity index (χ3v) is 24.1. The first-order chi connectivity index (χ1) is 58.5. The summed E-state index contributed by atoms with van der Waals surface area (Å²) < 4.78 is 23.2. The van der Waals surface area contributed by atoms with Crippen LogP contribution in [0.3, 0.4) is 0 Å². The molecule has 0 bridgehead atoms. The smallest absolute Gasteiger partial charge is 0.160 e. The van der Waals surface area contributed by atoms with Crippen LogP contribution in [0.1, 0.15) is 0 Å². The number of rotatable bonds is 8. The van der Waals surface area contributed by atoms with Crippen LogP contribution in [0.4, 0.5) is 0 Å². The summed E-state index contributed by atoms with van der Waals surface area (Å²) in [6.07, 6.45) is 0. The van der Waals surface area contributed by atoms with E-state index >= 15 is 0 Å². The molecule has 0 saturated carbocycles. The maximum atomic E-state index is 6.79. The summed E-state index contributed by atoms with van der Waals surface area (Å²) in [7, 11) is 0. The van der Waals surface area contributed by atoms with E-state index in [1.54, 1.807) is 0 Å². The normalized spacial score (nSPS) is 12.1. The van der Waals surface area contributed by atoms with Crippen LogP contribution >= 0.6 is 0 Å². The Morgan fingerprint density at radius 1 is 0.195 bits per heavy atom. The Morgan fingerprint density at radius 2 is 0.542 bits per heavy atom. The van der Waals surface area contributed by atoms with Crippen molar-refractivity contribution in [1.82, 2.24) is 38.2 Å². The number of furan rings is 2. The number of hydrogen-bond acceptors (Lipinski definition) is 6. The average molecular weight is 1510 g/mol. The van der Waals surface area contributed by atoms with Crippen molar-refractivity contribution in [2.24, 2.45) is 0 Å². The van der Waals surface area contributed by atoms with E-state index in [0.29, 0.717) is 11.6 Å². The van der Waals surface area contributed by atoms with Gasteiger partial charge in [0.05, 0.1) is 77.3 Å². The molecule has 26 rings (SSSR count). The van der Waals surface area contributed by atoms with Crippen LogP contribution in [0.25, 0.3) is 242 Å². The van der Waals surface area contributed by atoms with Crippen molar-refractivity contribution >= 4 is 174 Å². The van der Waals surface area contributed by atoms with E-state index < -0.39 is 0 Å². The molecule has 0 aliphatic heterocycles. The first kappa shape index (κ1) is 65.5. The molecule has 8 aromatic heterocycles. The lowest BCUT2D eigenvalue weighted by Crippen LogP contribution is -1.98. The monoisotopic (exact) mass is 1500 g/mol. The second-order valence-electron chi connectivity index (χ2n) is 30.7. The van der Waals surface area contributed by atoms with Gasteiger partial charge in [0, 0.05) is 110 Å². The van der Waals surface area contributed by atoms with Crippen molar-refractivity contribution < 1.29 is 8.83 Å². The summed E-state index contributed by atoms with van der Waals surface area (Å²) in [5, 5.41) is 20.6. The quantitative estimate of drug-likeness (QED) is 0.150. The van der Waals surface area contributed by atoms with Crippen molar-refractivity contribution in [2.75, 3.05) is 0 Å². The van der Waals surface area contributed by atoms with Gasteiger partial charge in [-0.25, -0.2) is 19.9 Å². The third kappa shape index (κ3) is 9.93. The fourth-order valence-electron chi connectivity index (χ4n) is 19.0. The minimum atomic E-state index is 0.683. The third-order valence-electron chi connectivity index (χ3n) is 24.1. The summed E-state index contributed by atoms with van der Waals surface area (Å²) in [5.74, 6) is 1.38. The molecule has 0 amide bonds. The molecule has 0 aliphatic carbocycles. The Hall–Kier alpha value is -16.0. The molecule has 0 spiro atoms. The van der Waals surface area contributed by atoms with Gasteiger partial charge in [-0.15, -0.1) is 0 Å². The lowest BCUT2D eigenvalue weighted by Gasteiger charge is -2.13. The van der Waals surface area contributed by atoms with Gasteiger partial charge in [0.2, 0.25) is 0 Å². The summed E-state index contributed by atoms with van der Waals surface area (Å²) in [6, 6.07) is 138. The molecular weight excluding hydrogens is 1440 g/mol. The van der Waals surface area contributed by atoms with Crippen LogP contribution in [0.2, 0.25) is 0 Å². The highest BCUT2D eigenvalue weighted by Gasteiger charge is 2.28.